The minimum Gasteiger partial charge on any atom is -0.423 e. The number of carbonyl (C=O) groups is 1. The molecule has 0 saturated carbocycles. The first-order valence-corrected chi connectivity index (χ1v) is 8.91. The van der Waals surface area contributed by atoms with E-state index in [1.165, 1.54) is 6.39 Å². The average Bonchev–Trinajstić information content (AvgIpc) is 3.09. The van der Waals surface area contributed by atoms with Gasteiger partial charge in [-0.25, -0.2) is 0 Å². The Morgan fingerprint density at radius 2 is 2.00 bits per heavy atom. The maximum atomic E-state index is 12.3. The molecule has 3 rings (SSSR count). The lowest BCUT2D eigenvalue weighted by Gasteiger charge is -2.07. The van der Waals surface area contributed by atoms with Gasteiger partial charge in [0.25, 0.3) is 5.91 Å². The summed E-state index contributed by atoms with van der Waals surface area (Å²) in [5, 5.41) is 10.3. The van der Waals surface area contributed by atoms with Gasteiger partial charge in [-0.05, 0) is 42.0 Å². The smallest absolute Gasteiger partial charge is 0.255 e. The van der Waals surface area contributed by atoms with Crippen molar-refractivity contribution in [3.8, 4) is 11.5 Å². The normalized spacial score (nSPS) is 11.9. The van der Waals surface area contributed by atoms with Crippen LogP contribution in [0.3, 0.4) is 0 Å². The van der Waals surface area contributed by atoms with Gasteiger partial charge in [0.2, 0.25) is 12.3 Å². The van der Waals surface area contributed by atoms with Gasteiger partial charge < -0.3 is 9.73 Å². The quantitative estimate of drug-likeness (QED) is 0.771. The molecule has 1 aromatic heterocycles. The van der Waals surface area contributed by atoms with Crippen molar-refractivity contribution >= 4 is 22.4 Å². The summed E-state index contributed by atoms with van der Waals surface area (Å²) in [6, 6.07) is 14.2. The maximum Gasteiger partial charge on any atom is 0.255 e. The third-order valence-electron chi connectivity index (χ3n) is 3.31. The molecule has 0 aliphatic rings. The number of carbonyl (C=O) groups excluding carboxylic acids is 1. The number of amides is 1. The van der Waals surface area contributed by atoms with E-state index in [1.54, 1.807) is 48.7 Å². The van der Waals surface area contributed by atoms with E-state index in [-0.39, 0.29) is 5.91 Å². The van der Waals surface area contributed by atoms with Crippen LogP contribution in [0.1, 0.15) is 15.9 Å². The first kappa shape index (κ1) is 16.1. The van der Waals surface area contributed by atoms with Crippen molar-refractivity contribution in [1.82, 2.24) is 10.2 Å². The van der Waals surface area contributed by atoms with Gasteiger partial charge in [0.05, 0.1) is 0 Å². The van der Waals surface area contributed by atoms with Crippen LogP contribution in [-0.2, 0) is 16.6 Å². The topological polar surface area (TPSA) is 85.1 Å². The van der Waals surface area contributed by atoms with Crippen LogP contribution >= 0.6 is 0 Å². The third kappa shape index (κ3) is 3.94. The Balaban J connectivity index is 1.71. The summed E-state index contributed by atoms with van der Waals surface area (Å²) in [5.74, 6) is 0.636. The first-order valence-electron chi connectivity index (χ1n) is 7.19. The Morgan fingerprint density at radius 1 is 1.21 bits per heavy atom. The summed E-state index contributed by atoms with van der Waals surface area (Å²) in [6.45, 7) is 0. The van der Waals surface area contributed by atoms with E-state index in [9.17, 15) is 9.00 Å². The molecule has 1 heterocycles. The molecule has 3 aromatic rings. The lowest BCUT2D eigenvalue weighted by Crippen LogP contribution is -2.12. The number of aromatic nitrogens is 2. The molecule has 1 atom stereocenters. The highest BCUT2D eigenvalue weighted by molar-refractivity contribution is 7.83. The molecule has 0 aliphatic heterocycles. The Morgan fingerprint density at radius 3 is 2.67 bits per heavy atom. The van der Waals surface area contributed by atoms with Gasteiger partial charge >= 0.3 is 0 Å². The van der Waals surface area contributed by atoms with Gasteiger partial charge in [0, 0.05) is 39.6 Å². The van der Waals surface area contributed by atoms with Crippen molar-refractivity contribution in [3.05, 3.63) is 66.1 Å². The van der Waals surface area contributed by atoms with Crippen LogP contribution in [0, 0.1) is 0 Å². The third-order valence-corrected chi connectivity index (χ3v) is 4.05. The van der Waals surface area contributed by atoms with Gasteiger partial charge in [-0.1, -0.05) is 12.1 Å². The fourth-order valence-corrected chi connectivity index (χ4v) is 2.88. The number of nitrogens with zero attached hydrogens (tertiary/aromatic N) is 2. The molecular weight excluding hydrogens is 326 g/mol. The molecule has 122 valence electrons. The highest BCUT2D eigenvalue weighted by Crippen LogP contribution is 2.19. The first-order chi connectivity index (χ1) is 11.6. The lowest BCUT2D eigenvalue weighted by molar-refractivity contribution is 0.102. The van der Waals surface area contributed by atoms with E-state index in [4.69, 9.17) is 4.42 Å². The van der Waals surface area contributed by atoms with Crippen molar-refractivity contribution in [1.29, 1.82) is 0 Å². The van der Waals surface area contributed by atoms with Gasteiger partial charge in [-0.2, -0.15) is 0 Å². The number of rotatable bonds is 5. The number of anilines is 1. The standard InChI is InChI=1S/C17H15N3O3S/c1-24(22)10-12-3-2-4-14(9-12)16(21)19-15-7-5-13(6-8-15)17-20-18-11-23-17/h2-9,11H,10H2,1H3,(H,19,21). The van der Waals surface area contributed by atoms with Crippen LogP contribution in [0.2, 0.25) is 0 Å². The Bertz CT molecular complexity index is 861. The average molecular weight is 341 g/mol. The van der Waals surface area contributed by atoms with E-state index in [0.717, 1.165) is 11.1 Å². The van der Waals surface area contributed by atoms with Gasteiger partial charge in [-0.15, -0.1) is 10.2 Å². The maximum absolute atomic E-state index is 12.3. The molecule has 24 heavy (non-hydrogen) atoms. The summed E-state index contributed by atoms with van der Waals surface area (Å²) in [5.41, 5.74) is 2.83. The molecule has 7 heteroatoms. The zero-order valence-corrected chi connectivity index (χ0v) is 13.7. The highest BCUT2D eigenvalue weighted by Gasteiger charge is 2.09. The lowest BCUT2D eigenvalue weighted by atomic mass is 10.1. The fraction of sp³-hybridized carbons (Fsp3) is 0.118. The summed E-state index contributed by atoms with van der Waals surface area (Å²) in [6.07, 6.45) is 2.90. The van der Waals surface area contributed by atoms with E-state index in [1.807, 2.05) is 6.07 Å². The van der Waals surface area contributed by atoms with E-state index < -0.39 is 10.8 Å². The van der Waals surface area contributed by atoms with E-state index >= 15 is 0 Å². The molecule has 6 nitrogen and oxygen atoms in total. The fourth-order valence-electron chi connectivity index (χ4n) is 2.24. The molecule has 0 bridgehead atoms. The van der Waals surface area contributed by atoms with E-state index in [0.29, 0.717) is 22.9 Å². The SMILES string of the molecule is CS(=O)Cc1cccc(C(=O)Nc2ccc(-c3nnco3)cc2)c1. The second-order valence-electron chi connectivity index (χ2n) is 5.19. The molecule has 0 saturated heterocycles. The molecule has 0 radical (unpaired) electrons. The second-order valence-corrected chi connectivity index (χ2v) is 6.63. The zero-order valence-electron chi connectivity index (χ0n) is 12.9. The van der Waals surface area contributed by atoms with Gasteiger partial charge in [-0.3, -0.25) is 9.00 Å². The highest BCUT2D eigenvalue weighted by atomic mass is 32.2. The molecule has 0 fully saturated rings. The largest absolute Gasteiger partial charge is 0.423 e. The van der Waals surface area contributed by atoms with Crippen molar-refractivity contribution < 1.29 is 13.4 Å². The predicted molar refractivity (Wildman–Crippen MR) is 91.9 cm³/mol. The number of nitrogens with one attached hydrogen (secondary N) is 1. The van der Waals surface area contributed by atoms with Crippen molar-refractivity contribution in [2.75, 3.05) is 11.6 Å². The van der Waals surface area contributed by atoms with Gasteiger partial charge in [0.1, 0.15) is 0 Å². The summed E-state index contributed by atoms with van der Waals surface area (Å²) in [7, 11) is -0.945. The van der Waals surface area contributed by atoms with E-state index in [2.05, 4.69) is 15.5 Å². The Hall–Kier alpha value is -2.80. The summed E-state index contributed by atoms with van der Waals surface area (Å²) < 4.78 is 16.4. The molecule has 0 aliphatic carbocycles. The predicted octanol–water partition coefficient (Wildman–Crippen LogP) is 2.87. The molecule has 1 unspecified atom stereocenters. The number of benzene rings is 2. The minimum absolute atomic E-state index is 0.218. The minimum atomic E-state index is -0.945. The molecular formula is C17H15N3O3S. The zero-order chi connectivity index (χ0) is 16.9. The molecule has 1 N–H and O–H groups in total. The van der Waals surface area contributed by atoms with Crippen molar-refractivity contribution in [2.45, 2.75) is 5.75 Å². The van der Waals surface area contributed by atoms with Gasteiger partial charge in [0.15, 0.2) is 0 Å². The van der Waals surface area contributed by atoms with Crippen LogP contribution < -0.4 is 5.32 Å². The van der Waals surface area contributed by atoms with Crippen LogP contribution in [0.4, 0.5) is 5.69 Å². The molecule has 2 aromatic carbocycles. The molecule has 1 amide bonds. The number of hydrogen-bond donors (Lipinski definition) is 1. The number of hydrogen-bond acceptors (Lipinski definition) is 5. The van der Waals surface area contributed by atoms with Crippen LogP contribution in [0.5, 0.6) is 0 Å². The Kier molecular flexibility index (Phi) is 4.81. The van der Waals surface area contributed by atoms with Crippen molar-refractivity contribution in [3.63, 3.8) is 0 Å². The van der Waals surface area contributed by atoms with Crippen LogP contribution in [0.15, 0.2) is 59.3 Å². The Labute approximate surface area is 141 Å². The monoisotopic (exact) mass is 341 g/mol. The summed E-state index contributed by atoms with van der Waals surface area (Å²) >= 11 is 0. The van der Waals surface area contributed by atoms with Crippen LogP contribution in [-0.4, -0.2) is 26.6 Å². The van der Waals surface area contributed by atoms with Crippen molar-refractivity contribution in [2.24, 2.45) is 0 Å². The summed E-state index contributed by atoms with van der Waals surface area (Å²) in [4.78, 5) is 12.3. The molecule has 0 spiro atoms. The second kappa shape index (κ2) is 7.18. The van der Waals surface area contributed by atoms with Crippen LogP contribution in [0.25, 0.3) is 11.5 Å².